The van der Waals surface area contributed by atoms with Crippen molar-refractivity contribution in [3.63, 3.8) is 0 Å². The fourth-order valence-electron chi connectivity index (χ4n) is 1.54. The Morgan fingerprint density at radius 1 is 1.50 bits per heavy atom. The molecular formula is C12H15BrN2O2S. The van der Waals surface area contributed by atoms with E-state index in [-0.39, 0.29) is 17.5 Å². The lowest BCUT2D eigenvalue weighted by atomic mass is 10.2. The average molecular weight is 331 g/mol. The van der Waals surface area contributed by atoms with Crippen molar-refractivity contribution in [2.24, 2.45) is 0 Å². The minimum absolute atomic E-state index is 0.0564. The van der Waals surface area contributed by atoms with E-state index >= 15 is 0 Å². The molecule has 0 amide bonds. The molecular weight excluding hydrogens is 316 g/mol. The number of nitriles is 1. The van der Waals surface area contributed by atoms with Gasteiger partial charge in [0.15, 0.2) is 9.84 Å². The molecule has 0 spiro atoms. The van der Waals surface area contributed by atoms with Crippen LogP contribution in [0.1, 0.15) is 19.4 Å². The molecule has 0 saturated heterocycles. The van der Waals surface area contributed by atoms with Crippen LogP contribution in [0.4, 0.5) is 5.69 Å². The fraction of sp³-hybridized carbons (Fsp3) is 0.417. The standard InChI is InChI=1S/C12H15BrN2O2S/c1-3-18(16,17)8-9(2)15-12-6-11(13)5-4-10(12)7-14/h4-6,9,15H,3,8H2,1-2H3. The van der Waals surface area contributed by atoms with Gasteiger partial charge in [0.05, 0.1) is 17.0 Å². The smallest absolute Gasteiger partial charge is 0.152 e. The van der Waals surface area contributed by atoms with Crippen LogP contribution in [0.15, 0.2) is 22.7 Å². The van der Waals surface area contributed by atoms with Gasteiger partial charge in [-0.15, -0.1) is 0 Å². The normalized spacial score (nSPS) is 12.8. The summed E-state index contributed by atoms with van der Waals surface area (Å²) in [7, 11) is -3.03. The molecule has 1 N–H and O–H groups in total. The van der Waals surface area contributed by atoms with Gasteiger partial charge in [-0.3, -0.25) is 0 Å². The van der Waals surface area contributed by atoms with Crippen molar-refractivity contribution < 1.29 is 8.42 Å². The van der Waals surface area contributed by atoms with Crippen LogP contribution in [0, 0.1) is 11.3 Å². The molecule has 0 bridgehead atoms. The van der Waals surface area contributed by atoms with Crippen LogP contribution in [0.25, 0.3) is 0 Å². The summed E-state index contributed by atoms with van der Waals surface area (Å²) >= 11 is 3.32. The molecule has 1 aromatic rings. The first-order chi connectivity index (χ1) is 8.38. The molecule has 18 heavy (non-hydrogen) atoms. The number of anilines is 1. The van der Waals surface area contributed by atoms with Gasteiger partial charge < -0.3 is 5.32 Å². The maximum Gasteiger partial charge on any atom is 0.152 e. The van der Waals surface area contributed by atoms with E-state index in [9.17, 15) is 8.42 Å². The molecule has 0 aliphatic rings. The van der Waals surface area contributed by atoms with Gasteiger partial charge in [0.1, 0.15) is 6.07 Å². The second kappa shape index (κ2) is 6.21. The van der Waals surface area contributed by atoms with E-state index in [4.69, 9.17) is 5.26 Å². The lowest BCUT2D eigenvalue weighted by Gasteiger charge is -2.16. The zero-order valence-electron chi connectivity index (χ0n) is 10.3. The van der Waals surface area contributed by atoms with Gasteiger partial charge in [0, 0.05) is 16.3 Å². The number of benzene rings is 1. The van der Waals surface area contributed by atoms with Gasteiger partial charge in [-0.1, -0.05) is 22.9 Å². The number of hydrogen-bond acceptors (Lipinski definition) is 4. The third-order valence-electron chi connectivity index (χ3n) is 2.45. The second-order valence-corrected chi connectivity index (χ2v) is 7.36. The topological polar surface area (TPSA) is 70.0 Å². The van der Waals surface area contributed by atoms with Crippen molar-refractivity contribution in [3.05, 3.63) is 28.2 Å². The van der Waals surface area contributed by atoms with Crippen LogP contribution in [0.2, 0.25) is 0 Å². The van der Waals surface area contributed by atoms with Gasteiger partial charge in [-0.25, -0.2) is 8.42 Å². The van der Waals surface area contributed by atoms with Gasteiger partial charge in [-0.2, -0.15) is 5.26 Å². The van der Waals surface area contributed by atoms with E-state index in [2.05, 4.69) is 27.3 Å². The summed E-state index contributed by atoms with van der Waals surface area (Å²) in [5, 5.41) is 12.0. The highest BCUT2D eigenvalue weighted by Crippen LogP contribution is 2.21. The first-order valence-corrected chi connectivity index (χ1v) is 8.16. The van der Waals surface area contributed by atoms with Crippen molar-refractivity contribution in [3.8, 4) is 6.07 Å². The minimum atomic E-state index is -3.03. The summed E-state index contributed by atoms with van der Waals surface area (Å²) in [6, 6.07) is 7.07. The summed E-state index contributed by atoms with van der Waals surface area (Å²) in [5.74, 6) is 0.184. The quantitative estimate of drug-likeness (QED) is 0.900. The van der Waals surface area contributed by atoms with Crippen LogP contribution >= 0.6 is 15.9 Å². The zero-order chi connectivity index (χ0) is 13.8. The SMILES string of the molecule is CCS(=O)(=O)CC(C)Nc1cc(Br)ccc1C#N. The Hall–Kier alpha value is -1.06. The third-order valence-corrected chi connectivity index (χ3v) is 4.83. The number of nitrogens with zero attached hydrogens (tertiary/aromatic N) is 1. The fourth-order valence-corrected chi connectivity index (χ4v) is 2.98. The maximum absolute atomic E-state index is 11.5. The molecule has 0 aromatic heterocycles. The number of rotatable bonds is 5. The molecule has 1 unspecified atom stereocenters. The highest BCUT2D eigenvalue weighted by Gasteiger charge is 2.14. The highest BCUT2D eigenvalue weighted by atomic mass is 79.9. The molecule has 0 saturated carbocycles. The zero-order valence-corrected chi connectivity index (χ0v) is 12.7. The first-order valence-electron chi connectivity index (χ1n) is 5.54. The molecule has 0 aliphatic heterocycles. The molecule has 0 radical (unpaired) electrons. The highest BCUT2D eigenvalue weighted by molar-refractivity contribution is 9.10. The molecule has 0 fully saturated rings. The Morgan fingerprint density at radius 2 is 2.17 bits per heavy atom. The predicted octanol–water partition coefficient (Wildman–Crippen LogP) is 2.56. The summed E-state index contributed by atoms with van der Waals surface area (Å²) < 4.78 is 23.9. The molecule has 6 heteroatoms. The van der Waals surface area contributed by atoms with Gasteiger partial charge >= 0.3 is 0 Å². The van der Waals surface area contributed by atoms with Crippen LogP contribution in [0.5, 0.6) is 0 Å². The lowest BCUT2D eigenvalue weighted by molar-refractivity contribution is 0.593. The minimum Gasteiger partial charge on any atom is -0.380 e. The van der Waals surface area contributed by atoms with Gasteiger partial charge in [-0.05, 0) is 25.1 Å². The Balaban J connectivity index is 2.85. The first kappa shape index (κ1) is 15.0. The Morgan fingerprint density at radius 3 is 2.72 bits per heavy atom. The van der Waals surface area contributed by atoms with E-state index in [0.29, 0.717) is 11.3 Å². The molecule has 1 aromatic carbocycles. The number of halogens is 1. The molecule has 4 nitrogen and oxygen atoms in total. The summed E-state index contributed by atoms with van der Waals surface area (Å²) in [6.07, 6.45) is 0. The molecule has 98 valence electrons. The monoisotopic (exact) mass is 330 g/mol. The van der Waals surface area contributed by atoms with E-state index in [1.165, 1.54) is 0 Å². The molecule has 1 rings (SSSR count). The van der Waals surface area contributed by atoms with Crippen molar-refractivity contribution in [1.82, 2.24) is 0 Å². The summed E-state index contributed by atoms with van der Waals surface area (Å²) in [4.78, 5) is 0. The number of hydrogen-bond donors (Lipinski definition) is 1. The van der Waals surface area contributed by atoms with E-state index in [1.54, 1.807) is 32.0 Å². The van der Waals surface area contributed by atoms with Crippen molar-refractivity contribution in [2.75, 3.05) is 16.8 Å². The Kier molecular flexibility index (Phi) is 5.17. The predicted molar refractivity (Wildman–Crippen MR) is 76.3 cm³/mol. The van der Waals surface area contributed by atoms with Gasteiger partial charge in [0.2, 0.25) is 0 Å². The third kappa shape index (κ3) is 4.31. The van der Waals surface area contributed by atoms with E-state index in [1.807, 2.05) is 0 Å². The van der Waals surface area contributed by atoms with E-state index < -0.39 is 9.84 Å². The number of nitrogens with one attached hydrogen (secondary N) is 1. The van der Waals surface area contributed by atoms with Gasteiger partial charge in [0.25, 0.3) is 0 Å². The lowest BCUT2D eigenvalue weighted by Crippen LogP contribution is -2.27. The van der Waals surface area contributed by atoms with Crippen LogP contribution < -0.4 is 5.32 Å². The molecule has 0 aliphatic carbocycles. The van der Waals surface area contributed by atoms with Crippen molar-refractivity contribution >= 4 is 31.5 Å². The van der Waals surface area contributed by atoms with Crippen LogP contribution in [-0.2, 0) is 9.84 Å². The average Bonchev–Trinajstić information content (AvgIpc) is 2.28. The summed E-state index contributed by atoms with van der Waals surface area (Å²) in [5.41, 5.74) is 1.14. The summed E-state index contributed by atoms with van der Waals surface area (Å²) in [6.45, 7) is 3.41. The second-order valence-electron chi connectivity index (χ2n) is 4.05. The molecule has 0 heterocycles. The van der Waals surface area contributed by atoms with Crippen molar-refractivity contribution in [2.45, 2.75) is 19.9 Å². The van der Waals surface area contributed by atoms with Crippen LogP contribution in [-0.4, -0.2) is 26.0 Å². The maximum atomic E-state index is 11.5. The number of sulfone groups is 1. The van der Waals surface area contributed by atoms with Crippen molar-refractivity contribution in [1.29, 1.82) is 5.26 Å². The van der Waals surface area contributed by atoms with Crippen LogP contribution in [0.3, 0.4) is 0 Å². The Bertz CT molecular complexity index is 564. The van der Waals surface area contributed by atoms with E-state index in [0.717, 1.165) is 4.47 Å². The Labute approximate surface area is 116 Å². The molecule has 1 atom stereocenters. The largest absolute Gasteiger partial charge is 0.380 e.